The molecule has 148 valence electrons. The topological polar surface area (TPSA) is 81.1 Å². The van der Waals surface area contributed by atoms with Crippen LogP contribution in [0.1, 0.15) is 40.5 Å². The number of carbonyl (C=O) groups excluding carboxylic acids is 1. The van der Waals surface area contributed by atoms with Crippen LogP contribution in [0.5, 0.6) is 0 Å². The number of hydrogen-bond donors (Lipinski definition) is 1. The normalized spacial score (nSPS) is 26.7. The summed E-state index contributed by atoms with van der Waals surface area (Å²) in [5, 5.41) is 7.16. The number of rotatable bonds is 4. The van der Waals surface area contributed by atoms with E-state index >= 15 is 0 Å². The molecule has 28 heavy (non-hydrogen) atoms. The molecule has 1 N–H and O–H groups in total. The molecule has 0 bridgehead atoms. The number of fused-ring (bicyclic) bond motifs is 3. The smallest absolute Gasteiger partial charge is 0.272 e. The van der Waals surface area contributed by atoms with Crippen LogP contribution in [0.25, 0.3) is 5.69 Å². The molecule has 2 aliphatic carbocycles. The summed E-state index contributed by atoms with van der Waals surface area (Å²) < 4.78 is 52.2. The maximum absolute atomic E-state index is 14.3. The second-order valence-corrected chi connectivity index (χ2v) is 10.2. The monoisotopic (exact) mass is 407 g/mol. The Hall–Kier alpha value is -2.29. The number of hydrogen-bond acceptors (Lipinski definition) is 4. The third kappa shape index (κ3) is 2.92. The molecule has 2 aromatic rings. The Balaban J connectivity index is 1.43. The van der Waals surface area contributed by atoms with Crippen LogP contribution >= 0.6 is 0 Å². The third-order valence-electron chi connectivity index (χ3n) is 5.99. The lowest BCUT2D eigenvalue weighted by molar-refractivity contribution is 0.0942. The number of nitrogens with one attached hydrogen (secondary N) is 1. The Morgan fingerprint density at radius 2 is 2.14 bits per heavy atom. The summed E-state index contributed by atoms with van der Waals surface area (Å²) in [6, 6.07) is 3.31. The Kier molecular flexibility index (Phi) is 3.88. The van der Waals surface area contributed by atoms with E-state index in [1.807, 2.05) is 0 Å². The van der Waals surface area contributed by atoms with Crippen molar-refractivity contribution in [1.29, 1.82) is 0 Å². The minimum atomic E-state index is -3.00. The first kappa shape index (κ1) is 17.8. The molecule has 5 rings (SSSR count). The number of amides is 1. The molecule has 1 aromatic carbocycles. The standard InChI is InChI=1S/C19H19F2N3O3S/c20-12-1-2-16(15(21)7-12)24-18-13-5-11(13)6-14(18)17(23-24)19(25)22-8-10-3-4-28(26,27)9-10/h1-2,7,10-11,13H,3-6,8-9H2,(H,22,25)/t10?,11-,13-/m1/s1. The van der Waals surface area contributed by atoms with E-state index in [1.54, 1.807) is 0 Å². The van der Waals surface area contributed by atoms with Gasteiger partial charge in [0.2, 0.25) is 0 Å². The van der Waals surface area contributed by atoms with Crippen molar-refractivity contribution in [2.75, 3.05) is 18.1 Å². The van der Waals surface area contributed by atoms with E-state index in [-0.39, 0.29) is 47.2 Å². The Morgan fingerprint density at radius 1 is 1.32 bits per heavy atom. The van der Waals surface area contributed by atoms with E-state index in [4.69, 9.17) is 0 Å². The fourth-order valence-corrected chi connectivity index (χ4v) is 6.35. The number of benzene rings is 1. The van der Waals surface area contributed by atoms with Crippen molar-refractivity contribution in [2.45, 2.75) is 25.2 Å². The van der Waals surface area contributed by atoms with Crippen molar-refractivity contribution in [3.8, 4) is 5.69 Å². The van der Waals surface area contributed by atoms with Gasteiger partial charge in [0.1, 0.15) is 11.5 Å². The minimum absolute atomic E-state index is 0.0881. The van der Waals surface area contributed by atoms with Crippen molar-refractivity contribution in [2.24, 2.45) is 11.8 Å². The van der Waals surface area contributed by atoms with Gasteiger partial charge >= 0.3 is 0 Å². The molecule has 1 aliphatic heterocycles. The molecule has 1 unspecified atom stereocenters. The lowest BCUT2D eigenvalue weighted by atomic mass is 10.1. The molecular formula is C19H19F2N3O3S. The van der Waals surface area contributed by atoms with E-state index in [0.717, 1.165) is 30.2 Å². The molecule has 1 saturated heterocycles. The number of halogens is 2. The summed E-state index contributed by atoms with van der Waals surface area (Å²) in [5.74, 6) is -0.899. The van der Waals surface area contributed by atoms with Crippen LogP contribution in [-0.4, -0.2) is 42.2 Å². The molecule has 0 spiro atoms. The molecule has 2 fully saturated rings. The summed E-state index contributed by atoms with van der Waals surface area (Å²) >= 11 is 0. The maximum atomic E-state index is 14.3. The Labute approximate surface area is 160 Å². The van der Waals surface area contributed by atoms with Gasteiger partial charge in [0.25, 0.3) is 5.91 Å². The van der Waals surface area contributed by atoms with Crippen LogP contribution in [0.15, 0.2) is 18.2 Å². The van der Waals surface area contributed by atoms with Crippen LogP contribution in [0, 0.1) is 23.5 Å². The number of carbonyl (C=O) groups is 1. The molecule has 0 radical (unpaired) electrons. The third-order valence-corrected chi connectivity index (χ3v) is 7.83. The summed E-state index contributed by atoms with van der Waals surface area (Å²) in [4.78, 5) is 12.7. The van der Waals surface area contributed by atoms with E-state index < -0.39 is 21.5 Å². The van der Waals surface area contributed by atoms with Crippen molar-refractivity contribution in [1.82, 2.24) is 15.1 Å². The van der Waals surface area contributed by atoms with Crippen LogP contribution in [0.3, 0.4) is 0 Å². The van der Waals surface area contributed by atoms with Gasteiger partial charge in [0.05, 0.1) is 17.2 Å². The summed E-state index contributed by atoms with van der Waals surface area (Å²) in [5.41, 5.74) is 2.04. The molecule has 6 nitrogen and oxygen atoms in total. The van der Waals surface area contributed by atoms with Crippen LogP contribution < -0.4 is 5.32 Å². The molecule has 1 saturated carbocycles. The quantitative estimate of drug-likeness (QED) is 0.840. The molecular weight excluding hydrogens is 388 g/mol. The SMILES string of the molecule is O=C(NCC1CCS(=O)(=O)C1)c1nn(-c2ccc(F)cc2F)c2c1C[C@H]1C[C@@H]21. The van der Waals surface area contributed by atoms with Crippen molar-refractivity contribution < 1.29 is 22.0 Å². The van der Waals surface area contributed by atoms with E-state index in [9.17, 15) is 22.0 Å². The zero-order chi connectivity index (χ0) is 19.6. The van der Waals surface area contributed by atoms with Gasteiger partial charge in [-0.2, -0.15) is 5.10 Å². The summed E-state index contributed by atoms with van der Waals surface area (Å²) in [7, 11) is -3.00. The lowest BCUT2D eigenvalue weighted by Crippen LogP contribution is -2.30. The highest BCUT2D eigenvalue weighted by Crippen LogP contribution is 2.57. The minimum Gasteiger partial charge on any atom is -0.350 e. The van der Waals surface area contributed by atoms with Gasteiger partial charge < -0.3 is 5.32 Å². The van der Waals surface area contributed by atoms with Crippen LogP contribution in [-0.2, 0) is 16.3 Å². The second kappa shape index (κ2) is 6.10. The van der Waals surface area contributed by atoms with Gasteiger partial charge in [-0.05, 0) is 43.2 Å². The molecule has 3 atom stereocenters. The fraction of sp³-hybridized carbons (Fsp3) is 0.474. The predicted octanol–water partition coefficient (Wildman–Crippen LogP) is 1.97. The molecule has 1 amide bonds. The number of aromatic nitrogens is 2. The van der Waals surface area contributed by atoms with E-state index in [2.05, 4.69) is 10.4 Å². The largest absolute Gasteiger partial charge is 0.350 e. The lowest BCUT2D eigenvalue weighted by Gasteiger charge is -2.09. The first-order chi connectivity index (χ1) is 13.3. The van der Waals surface area contributed by atoms with Crippen molar-refractivity contribution in [3.05, 3.63) is 46.8 Å². The fourth-order valence-electron chi connectivity index (χ4n) is 4.49. The highest BCUT2D eigenvalue weighted by Gasteiger charge is 2.50. The second-order valence-electron chi connectivity index (χ2n) is 8.01. The molecule has 1 aromatic heterocycles. The first-order valence-electron chi connectivity index (χ1n) is 9.38. The average Bonchev–Trinajstić information content (AvgIpc) is 2.97. The van der Waals surface area contributed by atoms with Crippen LogP contribution in [0.2, 0.25) is 0 Å². The van der Waals surface area contributed by atoms with Gasteiger partial charge in [-0.25, -0.2) is 21.9 Å². The highest BCUT2D eigenvalue weighted by molar-refractivity contribution is 7.91. The summed E-state index contributed by atoms with van der Waals surface area (Å²) in [6.45, 7) is 0.275. The van der Waals surface area contributed by atoms with E-state index in [1.165, 1.54) is 16.8 Å². The van der Waals surface area contributed by atoms with Gasteiger partial charge in [-0.1, -0.05) is 0 Å². The highest BCUT2D eigenvalue weighted by atomic mass is 32.2. The van der Waals surface area contributed by atoms with Crippen LogP contribution in [0.4, 0.5) is 8.78 Å². The predicted molar refractivity (Wildman–Crippen MR) is 97.1 cm³/mol. The average molecular weight is 407 g/mol. The van der Waals surface area contributed by atoms with E-state index in [0.29, 0.717) is 12.3 Å². The first-order valence-corrected chi connectivity index (χ1v) is 11.2. The van der Waals surface area contributed by atoms with Gasteiger partial charge in [0.15, 0.2) is 21.3 Å². The molecule has 3 aliphatic rings. The number of nitrogens with zero attached hydrogens (tertiary/aromatic N) is 2. The number of sulfone groups is 1. The summed E-state index contributed by atoms with van der Waals surface area (Å²) in [6.07, 6.45) is 2.26. The Morgan fingerprint density at radius 3 is 2.86 bits per heavy atom. The zero-order valence-corrected chi connectivity index (χ0v) is 15.8. The van der Waals surface area contributed by atoms with Gasteiger partial charge in [-0.3, -0.25) is 4.79 Å². The van der Waals surface area contributed by atoms with Crippen molar-refractivity contribution in [3.63, 3.8) is 0 Å². The maximum Gasteiger partial charge on any atom is 0.272 e. The molecule has 2 heterocycles. The van der Waals surface area contributed by atoms with Gasteiger partial charge in [-0.15, -0.1) is 0 Å². The van der Waals surface area contributed by atoms with Gasteiger partial charge in [0, 0.05) is 24.1 Å². The zero-order valence-electron chi connectivity index (χ0n) is 15.0. The molecule has 9 heteroatoms. The Bertz CT molecular complexity index is 1100. The van der Waals surface area contributed by atoms with Crippen molar-refractivity contribution >= 4 is 15.7 Å².